The molecule has 0 saturated carbocycles. The van der Waals surface area contributed by atoms with Crippen molar-refractivity contribution < 1.29 is 4.52 Å². The summed E-state index contributed by atoms with van der Waals surface area (Å²) >= 11 is 3.51. The van der Waals surface area contributed by atoms with E-state index in [0.29, 0.717) is 11.7 Å². The van der Waals surface area contributed by atoms with E-state index in [9.17, 15) is 0 Å². The van der Waals surface area contributed by atoms with Crippen molar-refractivity contribution in [2.24, 2.45) is 12.8 Å². The standard InChI is InChI=1S/C14H14BrN5O/c1-8-3-4-10(11(15)5-8)13-18-14(21-19-13)12(16)9-6-17-20(2)7-9/h3-7,12H,16H2,1-2H3. The first-order chi connectivity index (χ1) is 10.0. The number of aryl methyl sites for hydroxylation is 2. The largest absolute Gasteiger partial charge is 0.337 e. The molecular weight excluding hydrogens is 334 g/mol. The van der Waals surface area contributed by atoms with Gasteiger partial charge in [0.1, 0.15) is 6.04 Å². The lowest BCUT2D eigenvalue weighted by Gasteiger charge is -2.02. The van der Waals surface area contributed by atoms with Crippen LogP contribution in [0.4, 0.5) is 0 Å². The average Bonchev–Trinajstić information content (AvgIpc) is 3.07. The fourth-order valence-corrected chi connectivity index (χ4v) is 2.69. The Kier molecular flexibility index (Phi) is 3.60. The zero-order valence-electron chi connectivity index (χ0n) is 11.6. The first kappa shape index (κ1) is 14.0. The van der Waals surface area contributed by atoms with Gasteiger partial charge in [0.05, 0.1) is 6.20 Å². The molecule has 1 atom stereocenters. The van der Waals surface area contributed by atoms with E-state index in [1.165, 1.54) is 0 Å². The lowest BCUT2D eigenvalue weighted by molar-refractivity contribution is 0.367. The molecule has 2 heterocycles. The molecule has 108 valence electrons. The van der Waals surface area contributed by atoms with Gasteiger partial charge in [-0.05, 0) is 24.6 Å². The topological polar surface area (TPSA) is 82.8 Å². The second kappa shape index (κ2) is 5.42. The molecule has 1 unspecified atom stereocenters. The van der Waals surface area contributed by atoms with E-state index in [1.54, 1.807) is 10.9 Å². The Hall–Kier alpha value is -1.99. The Morgan fingerprint density at radius 1 is 1.38 bits per heavy atom. The number of hydrogen-bond donors (Lipinski definition) is 1. The van der Waals surface area contributed by atoms with Crippen LogP contribution >= 0.6 is 15.9 Å². The molecule has 0 aliphatic heterocycles. The lowest BCUT2D eigenvalue weighted by Crippen LogP contribution is -2.11. The summed E-state index contributed by atoms with van der Waals surface area (Å²) in [5.41, 5.74) is 8.97. The van der Waals surface area contributed by atoms with Crippen LogP contribution in [0.25, 0.3) is 11.4 Å². The van der Waals surface area contributed by atoms with E-state index < -0.39 is 6.04 Å². The summed E-state index contributed by atoms with van der Waals surface area (Å²) in [4.78, 5) is 4.39. The van der Waals surface area contributed by atoms with Crippen molar-refractivity contribution in [1.29, 1.82) is 0 Å². The van der Waals surface area contributed by atoms with Crippen molar-refractivity contribution in [1.82, 2.24) is 19.9 Å². The quantitative estimate of drug-likeness (QED) is 0.787. The van der Waals surface area contributed by atoms with E-state index in [2.05, 4.69) is 31.2 Å². The molecule has 6 nitrogen and oxygen atoms in total. The van der Waals surface area contributed by atoms with Crippen LogP contribution in [0.5, 0.6) is 0 Å². The maximum Gasteiger partial charge on any atom is 0.248 e. The predicted molar refractivity (Wildman–Crippen MR) is 81.4 cm³/mol. The second-order valence-electron chi connectivity index (χ2n) is 4.86. The Labute approximate surface area is 130 Å². The molecule has 3 rings (SSSR count). The SMILES string of the molecule is Cc1ccc(-c2noc(C(N)c3cnn(C)c3)n2)c(Br)c1. The molecule has 0 amide bonds. The molecule has 0 fully saturated rings. The Bertz CT molecular complexity index is 779. The number of halogens is 1. The van der Waals surface area contributed by atoms with Gasteiger partial charge in [-0.25, -0.2) is 0 Å². The highest BCUT2D eigenvalue weighted by atomic mass is 79.9. The van der Waals surface area contributed by atoms with Crippen LogP contribution in [0.15, 0.2) is 39.6 Å². The van der Waals surface area contributed by atoms with Crippen molar-refractivity contribution in [3.63, 3.8) is 0 Å². The average molecular weight is 348 g/mol. The molecule has 0 aliphatic carbocycles. The molecule has 21 heavy (non-hydrogen) atoms. The predicted octanol–water partition coefficient (Wildman–Crippen LogP) is 2.59. The number of aromatic nitrogens is 4. The highest BCUT2D eigenvalue weighted by Gasteiger charge is 2.19. The molecule has 0 radical (unpaired) electrons. The van der Waals surface area contributed by atoms with Gasteiger partial charge in [-0.15, -0.1) is 0 Å². The summed E-state index contributed by atoms with van der Waals surface area (Å²) in [6.07, 6.45) is 3.52. The maximum absolute atomic E-state index is 6.12. The van der Waals surface area contributed by atoms with Gasteiger partial charge in [0.2, 0.25) is 11.7 Å². The Morgan fingerprint density at radius 3 is 2.86 bits per heavy atom. The Morgan fingerprint density at radius 2 is 2.19 bits per heavy atom. The third kappa shape index (κ3) is 2.74. The molecule has 0 aliphatic rings. The first-order valence-corrected chi connectivity index (χ1v) is 7.18. The molecule has 0 saturated heterocycles. The zero-order valence-corrected chi connectivity index (χ0v) is 13.2. The zero-order chi connectivity index (χ0) is 15.0. The van der Waals surface area contributed by atoms with Gasteiger partial charge in [0.25, 0.3) is 0 Å². The highest BCUT2D eigenvalue weighted by molar-refractivity contribution is 9.10. The van der Waals surface area contributed by atoms with E-state index in [0.717, 1.165) is 21.2 Å². The first-order valence-electron chi connectivity index (χ1n) is 6.39. The van der Waals surface area contributed by atoms with Gasteiger partial charge in [0.15, 0.2) is 0 Å². The summed E-state index contributed by atoms with van der Waals surface area (Å²) in [7, 11) is 1.83. The highest BCUT2D eigenvalue weighted by Crippen LogP contribution is 2.28. The van der Waals surface area contributed by atoms with Crippen LogP contribution in [0.3, 0.4) is 0 Å². The van der Waals surface area contributed by atoms with Crippen molar-refractivity contribution >= 4 is 15.9 Å². The number of nitrogens with zero attached hydrogens (tertiary/aromatic N) is 4. The van der Waals surface area contributed by atoms with Gasteiger partial charge in [-0.3, -0.25) is 4.68 Å². The lowest BCUT2D eigenvalue weighted by atomic mass is 10.1. The number of hydrogen-bond acceptors (Lipinski definition) is 5. The maximum atomic E-state index is 6.12. The van der Waals surface area contributed by atoms with Crippen molar-refractivity contribution in [2.75, 3.05) is 0 Å². The van der Waals surface area contributed by atoms with Gasteiger partial charge in [0, 0.05) is 28.8 Å². The fraction of sp³-hybridized carbons (Fsp3) is 0.214. The summed E-state index contributed by atoms with van der Waals surface area (Å²) in [6.45, 7) is 2.02. The summed E-state index contributed by atoms with van der Waals surface area (Å²) in [5, 5.41) is 8.10. The van der Waals surface area contributed by atoms with Crippen LogP contribution in [0, 0.1) is 6.92 Å². The molecule has 7 heteroatoms. The molecule has 3 aromatic rings. The number of benzene rings is 1. The summed E-state index contributed by atoms with van der Waals surface area (Å²) in [6, 6.07) is 5.47. The van der Waals surface area contributed by atoms with Gasteiger partial charge in [-0.2, -0.15) is 10.1 Å². The fourth-order valence-electron chi connectivity index (χ4n) is 2.02. The minimum Gasteiger partial charge on any atom is -0.337 e. The molecule has 0 spiro atoms. The second-order valence-corrected chi connectivity index (χ2v) is 5.72. The smallest absolute Gasteiger partial charge is 0.248 e. The monoisotopic (exact) mass is 347 g/mol. The van der Waals surface area contributed by atoms with Crippen molar-refractivity contribution in [3.05, 3.63) is 52.1 Å². The molecular formula is C14H14BrN5O. The summed E-state index contributed by atoms with van der Waals surface area (Å²) in [5.74, 6) is 0.877. The third-order valence-corrected chi connectivity index (χ3v) is 3.81. The minimum atomic E-state index is -0.482. The minimum absolute atomic E-state index is 0.366. The summed E-state index contributed by atoms with van der Waals surface area (Å²) < 4.78 is 7.89. The normalized spacial score (nSPS) is 12.6. The molecule has 2 N–H and O–H groups in total. The van der Waals surface area contributed by atoms with Crippen molar-refractivity contribution in [3.8, 4) is 11.4 Å². The van der Waals surface area contributed by atoms with Crippen LogP contribution in [0.2, 0.25) is 0 Å². The third-order valence-electron chi connectivity index (χ3n) is 3.16. The number of rotatable bonds is 3. The molecule has 1 aromatic carbocycles. The van der Waals surface area contributed by atoms with Crippen LogP contribution < -0.4 is 5.73 Å². The van der Waals surface area contributed by atoms with Crippen LogP contribution in [-0.4, -0.2) is 19.9 Å². The van der Waals surface area contributed by atoms with Crippen molar-refractivity contribution in [2.45, 2.75) is 13.0 Å². The van der Waals surface area contributed by atoms with E-state index in [-0.39, 0.29) is 0 Å². The van der Waals surface area contributed by atoms with Crippen LogP contribution in [0.1, 0.15) is 23.1 Å². The Balaban J connectivity index is 1.92. The van der Waals surface area contributed by atoms with E-state index in [4.69, 9.17) is 10.3 Å². The van der Waals surface area contributed by atoms with E-state index >= 15 is 0 Å². The van der Waals surface area contributed by atoms with Gasteiger partial charge < -0.3 is 10.3 Å². The molecule has 0 bridgehead atoms. The van der Waals surface area contributed by atoms with Gasteiger partial charge >= 0.3 is 0 Å². The van der Waals surface area contributed by atoms with Gasteiger partial charge in [-0.1, -0.05) is 27.2 Å². The molecule has 2 aromatic heterocycles. The van der Waals surface area contributed by atoms with Crippen LogP contribution in [-0.2, 0) is 7.05 Å². The number of nitrogens with two attached hydrogens (primary N) is 1. The van der Waals surface area contributed by atoms with E-state index in [1.807, 2.05) is 38.4 Å².